The van der Waals surface area contributed by atoms with Gasteiger partial charge in [0.05, 0.1) is 25.3 Å². The Morgan fingerprint density at radius 3 is 2.88 bits per heavy atom. The summed E-state index contributed by atoms with van der Waals surface area (Å²) in [5, 5.41) is 2.03. The molecule has 3 rings (SSSR count). The number of carbonyl (C=O) groups is 2. The molecule has 1 saturated heterocycles. The van der Waals surface area contributed by atoms with E-state index in [1.807, 2.05) is 23.6 Å². The normalized spacial score (nSPS) is 17.8. The van der Waals surface area contributed by atoms with Gasteiger partial charge in [-0.3, -0.25) is 14.5 Å². The summed E-state index contributed by atoms with van der Waals surface area (Å²) in [6.45, 7) is 2.68. The van der Waals surface area contributed by atoms with Gasteiger partial charge >= 0.3 is 0 Å². The lowest BCUT2D eigenvalue weighted by atomic mass is 9.97. The molecule has 0 aromatic carbocycles. The lowest BCUT2D eigenvalue weighted by Crippen LogP contribution is -2.47. The van der Waals surface area contributed by atoms with Crippen molar-refractivity contribution in [2.75, 3.05) is 19.6 Å². The summed E-state index contributed by atoms with van der Waals surface area (Å²) in [7, 11) is 0. The average molecular weight is 361 g/mol. The molecule has 2 N–H and O–H groups in total. The van der Waals surface area contributed by atoms with E-state index in [1.165, 1.54) is 4.88 Å². The fourth-order valence-corrected chi connectivity index (χ4v) is 3.89. The molecule has 1 atom stereocenters. The van der Waals surface area contributed by atoms with E-state index in [-0.39, 0.29) is 17.7 Å². The highest BCUT2D eigenvalue weighted by molar-refractivity contribution is 7.09. The molecular weight excluding hydrogens is 338 g/mol. The van der Waals surface area contributed by atoms with E-state index in [0.717, 1.165) is 18.6 Å². The van der Waals surface area contributed by atoms with Crippen LogP contribution in [0.2, 0.25) is 0 Å². The van der Waals surface area contributed by atoms with Gasteiger partial charge in [0.2, 0.25) is 11.8 Å². The molecule has 2 amide bonds. The number of primary amides is 1. The maximum atomic E-state index is 12.7. The Balaban J connectivity index is 1.63. The Kier molecular flexibility index (Phi) is 5.88. The first-order chi connectivity index (χ1) is 12.1. The van der Waals surface area contributed by atoms with E-state index >= 15 is 0 Å². The van der Waals surface area contributed by atoms with Crippen LogP contribution in [-0.2, 0) is 22.7 Å². The molecule has 2 aromatic rings. The predicted molar refractivity (Wildman–Crippen MR) is 95.6 cm³/mol. The molecule has 0 aliphatic carbocycles. The molecule has 1 aliphatic rings. The van der Waals surface area contributed by atoms with Crippen molar-refractivity contribution < 1.29 is 14.0 Å². The first-order valence-electron chi connectivity index (χ1n) is 8.46. The van der Waals surface area contributed by atoms with Crippen molar-refractivity contribution in [3.8, 4) is 0 Å². The number of furan rings is 1. The van der Waals surface area contributed by atoms with Crippen molar-refractivity contribution in [1.29, 1.82) is 0 Å². The maximum Gasteiger partial charge on any atom is 0.236 e. The van der Waals surface area contributed by atoms with Gasteiger partial charge in [-0.05, 0) is 36.4 Å². The summed E-state index contributed by atoms with van der Waals surface area (Å²) in [5.41, 5.74) is 5.41. The van der Waals surface area contributed by atoms with Crippen molar-refractivity contribution in [1.82, 2.24) is 9.80 Å². The maximum absolute atomic E-state index is 12.7. The number of thiophene rings is 1. The minimum absolute atomic E-state index is 0.0362. The Morgan fingerprint density at radius 1 is 1.32 bits per heavy atom. The van der Waals surface area contributed by atoms with Gasteiger partial charge in [-0.25, -0.2) is 0 Å². The van der Waals surface area contributed by atoms with Crippen LogP contribution in [0.4, 0.5) is 0 Å². The van der Waals surface area contributed by atoms with Crippen LogP contribution in [0, 0.1) is 5.92 Å². The smallest absolute Gasteiger partial charge is 0.236 e. The van der Waals surface area contributed by atoms with E-state index in [2.05, 4.69) is 11.0 Å². The van der Waals surface area contributed by atoms with Crippen LogP contribution in [-0.4, -0.2) is 41.2 Å². The molecule has 0 bridgehead atoms. The topological polar surface area (TPSA) is 79.8 Å². The molecule has 1 unspecified atom stereocenters. The number of likely N-dealkylation sites (tertiary alicyclic amines) is 1. The standard InChI is InChI=1S/C18H23N3O3S/c19-18(23)14-4-1-7-21(10-14)17(22)13-20(11-15-5-2-8-24-15)12-16-6-3-9-25-16/h2-3,5-6,8-9,14H,1,4,7,10-13H2,(H2,19,23). The molecule has 0 radical (unpaired) electrons. The first-order valence-corrected chi connectivity index (χ1v) is 9.34. The lowest BCUT2D eigenvalue weighted by Gasteiger charge is -2.33. The van der Waals surface area contributed by atoms with Gasteiger partial charge < -0.3 is 15.1 Å². The average Bonchev–Trinajstić information content (AvgIpc) is 3.29. The number of hydrogen-bond acceptors (Lipinski definition) is 5. The highest BCUT2D eigenvalue weighted by atomic mass is 32.1. The Labute approximate surface area is 151 Å². The van der Waals surface area contributed by atoms with Gasteiger partial charge in [-0.2, -0.15) is 0 Å². The van der Waals surface area contributed by atoms with Crippen LogP contribution in [0.5, 0.6) is 0 Å². The van der Waals surface area contributed by atoms with Crippen molar-refractivity contribution in [2.24, 2.45) is 11.7 Å². The Morgan fingerprint density at radius 2 is 2.20 bits per heavy atom. The third-order valence-electron chi connectivity index (χ3n) is 4.45. The van der Waals surface area contributed by atoms with Crippen LogP contribution in [0.15, 0.2) is 40.3 Å². The van der Waals surface area contributed by atoms with Crippen LogP contribution in [0.3, 0.4) is 0 Å². The number of nitrogens with zero attached hydrogens (tertiary/aromatic N) is 2. The van der Waals surface area contributed by atoms with Gasteiger partial charge in [0.1, 0.15) is 5.76 Å². The van der Waals surface area contributed by atoms with Gasteiger partial charge in [-0.1, -0.05) is 6.07 Å². The number of hydrogen-bond donors (Lipinski definition) is 1. The monoisotopic (exact) mass is 361 g/mol. The number of amides is 2. The zero-order valence-corrected chi connectivity index (χ0v) is 14.9. The fourth-order valence-electron chi connectivity index (χ4n) is 3.14. The van der Waals surface area contributed by atoms with Crippen molar-refractivity contribution in [3.63, 3.8) is 0 Å². The van der Waals surface area contributed by atoms with E-state index in [4.69, 9.17) is 10.2 Å². The molecular formula is C18H23N3O3S. The van der Waals surface area contributed by atoms with Crippen molar-refractivity contribution in [3.05, 3.63) is 46.5 Å². The zero-order valence-electron chi connectivity index (χ0n) is 14.1. The minimum Gasteiger partial charge on any atom is -0.468 e. The number of nitrogens with two attached hydrogens (primary N) is 1. The largest absolute Gasteiger partial charge is 0.468 e. The summed E-state index contributed by atoms with van der Waals surface area (Å²) in [5.74, 6) is 0.323. The lowest BCUT2D eigenvalue weighted by molar-refractivity contribution is -0.136. The molecule has 3 heterocycles. The highest BCUT2D eigenvalue weighted by Gasteiger charge is 2.28. The number of rotatable bonds is 7. The molecule has 7 heteroatoms. The summed E-state index contributed by atoms with van der Waals surface area (Å²) in [4.78, 5) is 29.2. The van der Waals surface area contributed by atoms with E-state index in [0.29, 0.717) is 32.7 Å². The Hall–Kier alpha value is -2.12. The molecule has 0 spiro atoms. The van der Waals surface area contributed by atoms with E-state index < -0.39 is 0 Å². The second kappa shape index (κ2) is 8.31. The van der Waals surface area contributed by atoms with Crippen molar-refractivity contribution in [2.45, 2.75) is 25.9 Å². The van der Waals surface area contributed by atoms with Crippen LogP contribution in [0.1, 0.15) is 23.5 Å². The molecule has 2 aromatic heterocycles. The SMILES string of the molecule is NC(=O)C1CCCN(C(=O)CN(Cc2ccco2)Cc2cccs2)C1. The summed E-state index contributed by atoms with van der Waals surface area (Å²) in [6.07, 6.45) is 3.23. The molecule has 134 valence electrons. The molecule has 25 heavy (non-hydrogen) atoms. The van der Waals surface area contributed by atoms with E-state index in [1.54, 1.807) is 22.5 Å². The third-order valence-corrected chi connectivity index (χ3v) is 5.32. The quantitative estimate of drug-likeness (QED) is 0.819. The van der Waals surface area contributed by atoms with Crippen LogP contribution in [0.25, 0.3) is 0 Å². The van der Waals surface area contributed by atoms with Crippen LogP contribution >= 0.6 is 11.3 Å². The molecule has 1 aliphatic heterocycles. The molecule has 1 fully saturated rings. The van der Waals surface area contributed by atoms with Gasteiger partial charge in [0.15, 0.2) is 0 Å². The van der Waals surface area contributed by atoms with Gasteiger partial charge in [0, 0.05) is 24.5 Å². The summed E-state index contributed by atoms with van der Waals surface area (Å²) in [6, 6.07) is 7.84. The highest BCUT2D eigenvalue weighted by Crippen LogP contribution is 2.18. The number of carbonyl (C=O) groups excluding carboxylic acids is 2. The predicted octanol–water partition coefficient (Wildman–Crippen LogP) is 2.07. The molecule has 0 saturated carbocycles. The summed E-state index contributed by atoms with van der Waals surface area (Å²) < 4.78 is 5.43. The fraction of sp³-hybridized carbons (Fsp3) is 0.444. The molecule has 6 nitrogen and oxygen atoms in total. The van der Waals surface area contributed by atoms with Crippen LogP contribution < -0.4 is 5.73 Å². The van der Waals surface area contributed by atoms with Gasteiger partial charge in [0.25, 0.3) is 0 Å². The third kappa shape index (κ3) is 4.93. The second-order valence-corrected chi connectivity index (χ2v) is 7.42. The van der Waals surface area contributed by atoms with E-state index in [9.17, 15) is 9.59 Å². The Bertz CT molecular complexity index is 648. The zero-order chi connectivity index (χ0) is 17.6. The first kappa shape index (κ1) is 17.7. The second-order valence-electron chi connectivity index (χ2n) is 6.39. The van der Waals surface area contributed by atoms with Crippen molar-refractivity contribution >= 4 is 23.2 Å². The number of piperidine rings is 1. The van der Waals surface area contributed by atoms with Gasteiger partial charge in [-0.15, -0.1) is 11.3 Å². The minimum atomic E-state index is -0.316. The summed E-state index contributed by atoms with van der Waals surface area (Å²) >= 11 is 1.67.